The van der Waals surface area contributed by atoms with Crippen molar-refractivity contribution in [3.63, 3.8) is 0 Å². The zero-order valence-electron chi connectivity index (χ0n) is 8.00. The Labute approximate surface area is 80.6 Å². The fourth-order valence-corrected chi connectivity index (χ4v) is 1.46. The zero-order chi connectivity index (χ0) is 10.1. The fourth-order valence-electron chi connectivity index (χ4n) is 1.46. The molecule has 0 aliphatic heterocycles. The summed E-state index contributed by atoms with van der Waals surface area (Å²) in [6.07, 6.45) is 1.66. The number of H-pyrrole nitrogens is 1. The minimum Gasteiger partial charge on any atom is -0.361 e. The van der Waals surface area contributed by atoms with E-state index in [4.69, 9.17) is 4.52 Å². The lowest BCUT2D eigenvalue weighted by atomic mass is 10.1. The van der Waals surface area contributed by atoms with Crippen molar-refractivity contribution in [2.24, 2.45) is 0 Å². The first-order chi connectivity index (χ1) is 6.68. The third-order valence-electron chi connectivity index (χ3n) is 2.11. The van der Waals surface area contributed by atoms with E-state index in [0.29, 0.717) is 0 Å². The largest absolute Gasteiger partial charge is 0.361 e. The van der Waals surface area contributed by atoms with E-state index in [-0.39, 0.29) is 5.56 Å². The van der Waals surface area contributed by atoms with E-state index >= 15 is 0 Å². The van der Waals surface area contributed by atoms with Gasteiger partial charge in [0.1, 0.15) is 5.76 Å². The minimum absolute atomic E-state index is 0.111. The van der Waals surface area contributed by atoms with Gasteiger partial charge < -0.3 is 9.51 Å². The van der Waals surface area contributed by atoms with Gasteiger partial charge in [0, 0.05) is 23.4 Å². The van der Waals surface area contributed by atoms with Crippen LogP contribution in [0, 0.1) is 13.8 Å². The van der Waals surface area contributed by atoms with Gasteiger partial charge in [0.25, 0.3) is 0 Å². The molecule has 0 bridgehead atoms. The second kappa shape index (κ2) is 3.14. The molecule has 2 rings (SSSR count). The van der Waals surface area contributed by atoms with Crippen LogP contribution >= 0.6 is 0 Å². The number of pyridine rings is 1. The minimum atomic E-state index is -0.111. The van der Waals surface area contributed by atoms with Crippen LogP contribution in [-0.4, -0.2) is 10.1 Å². The third-order valence-corrected chi connectivity index (χ3v) is 2.11. The van der Waals surface area contributed by atoms with Crippen LogP contribution in [0.25, 0.3) is 11.1 Å². The molecule has 4 nitrogen and oxygen atoms in total. The van der Waals surface area contributed by atoms with Crippen molar-refractivity contribution < 1.29 is 4.52 Å². The highest BCUT2D eigenvalue weighted by Crippen LogP contribution is 2.24. The highest BCUT2D eigenvalue weighted by Gasteiger charge is 2.10. The average molecular weight is 190 g/mol. The number of hydrogen-bond donors (Lipinski definition) is 1. The van der Waals surface area contributed by atoms with Crippen LogP contribution in [0.2, 0.25) is 0 Å². The van der Waals surface area contributed by atoms with E-state index in [2.05, 4.69) is 10.1 Å². The van der Waals surface area contributed by atoms with E-state index in [0.717, 1.165) is 22.6 Å². The molecule has 2 heterocycles. The highest BCUT2D eigenvalue weighted by atomic mass is 16.5. The first-order valence-electron chi connectivity index (χ1n) is 4.30. The molecular weight excluding hydrogens is 180 g/mol. The van der Waals surface area contributed by atoms with Gasteiger partial charge in [-0.25, -0.2) is 0 Å². The van der Waals surface area contributed by atoms with Gasteiger partial charge in [-0.15, -0.1) is 0 Å². The topological polar surface area (TPSA) is 58.9 Å². The molecule has 0 radical (unpaired) electrons. The Morgan fingerprint density at radius 2 is 2.14 bits per heavy atom. The number of hydrogen-bond acceptors (Lipinski definition) is 3. The molecule has 1 N–H and O–H groups in total. The van der Waals surface area contributed by atoms with Crippen LogP contribution in [-0.2, 0) is 0 Å². The Morgan fingerprint density at radius 3 is 2.64 bits per heavy atom. The van der Waals surface area contributed by atoms with E-state index in [9.17, 15) is 4.79 Å². The Kier molecular flexibility index (Phi) is 1.96. The van der Waals surface area contributed by atoms with E-state index in [1.807, 2.05) is 13.8 Å². The SMILES string of the molecule is Cc1noc(C)c1-c1ccc(=O)[nH]c1. The monoisotopic (exact) mass is 190 g/mol. The van der Waals surface area contributed by atoms with Crippen molar-refractivity contribution in [3.8, 4) is 11.1 Å². The molecule has 0 atom stereocenters. The Bertz CT molecular complexity index is 471. The first kappa shape index (κ1) is 8.74. The maximum absolute atomic E-state index is 10.9. The smallest absolute Gasteiger partial charge is 0.247 e. The van der Waals surface area contributed by atoms with Crippen LogP contribution in [0.1, 0.15) is 11.5 Å². The molecule has 72 valence electrons. The van der Waals surface area contributed by atoms with Gasteiger partial charge in [-0.05, 0) is 19.9 Å². The number of aryl methyl sites for hydroxylation is 2. The van der Waals surface area contributed by atoms with Crippen molar-refractivity contribution in [3.05, 3.63) is 40.1 Å². The summed E-state index contributed by atoms with van der Waals surface area (Å²) in [7, 11) is 0. The summed E-state index contributed by atoms with van der Waals surface area (Å²) in [6.45, 7) is 3.72. The Hall–Kier alpha value is -1.84. The first-order valence-corrected chi connectivity index (χ1v) is 4.30. The third kappa shape index (κ3) is 1.35. The number of rotatable bonds is 1. The van der Waals surface area contributed by atoms with Crippen molar-refractivity contribution in [1.29, 1.82) is 0 Å². The quantitative estimate of drug-likeness (QED) is 0.743. The Morgan fingerprint density at radius 1 is 1.36 bits per heavy atom. The average Bonchev–Trinajstić information content (AvgIpc) is 2.49. The molecule has 0 unspecified atom stereocenters. The molecule has 0 saturated heterocycles. The van der Waals surface area contributed by atoms with Gasteiger partial charge in [-0.2, -0.15) is 0 Å². The lowest BCUT2D eigenvalue weighted by molar-refractivity contribution is 0.393. The molecular formula is C10H10N2O2. The molecule has 0 aliphatic rings. The molecule has 0 aliphatic carbocycles. The lowest BCUT2D eigenvalue weighted by Crippen LogP contribution is -2.01. The van der Waals surface area contributed by atoms with Crippen molar-refractivity contribution in [2.45, 2.75) is 13.8 Å². The number of nitrogens with zero attached hydrogens (tertiary/aromatic N) is 1. The maximum atomic E-state index is 10.9. The van der Waals surface area contributed by atoms with Crippen LogP contribution in [0.4, 0.5) is 0 Å². The van der Waals surface area contributed by atoms with Crippen molar-refractivity contribution in [2.75, 3.05) is 0 Å². The molecule has 2 aromatic heterocycles. The maximum Gasteiger partial charge on any atom is 0.247 e. The number of aromatic amines is 1. The summed E-state index contributed by atoms with van der Waals surface area (Å²) in [5, 5.41) is 3.85. The predicted molar refractivity (Wildman–Crippen MR) is 52.0 cm³/mol. The van der Waals surface area contributed by atoms with Crippen LogP contribution in [0.3, 0.4) is 0 Å². The summed E-state index contributed by atoms with van der Waals surface area (Å²) in [6, 6.07) is 3.24. The molecule has 0 spiro atoms. The van der Waals surface area contributed by atoms with Crippen molar-refractivity contribution >= 4 is 0 Å². The van der Waals surface area contributed by atoms with E-state index in [1.54, 1.807) is 12.3 Å². The second-order valence-electron chi connectivity index (χ2n) is 3.14. The summed E-state index contributed by atoms with van der Waals surface area (Å²) < 4.78 is 5.04. The van der Waals surface area contributed by atoms with Gasteiger partial charge in [0.05, 0.1) is 5.69 Å². The van der Waals surface area contributed by atoms with Gasteiger partial charge in [0.15, 0.2) is 0 Å². The zero-order valence-corrected chi connectivity index (χ0v) is 8.00. The van der Waals surface area contributed by atoms with Crippen molar-refractivity contribution in [1.82, 2.24) is 10.1 Å². The van der Waals surface area contributed by atoms with Crippen LogP contribution in [0.5, 0.6) is 0 Å². The van der Waals surface area contributed by atoms with Crippen LogP contribution < -0.4 is 5.56 Å². The van der Waals surface area contributed by atoms with Crippen LogP contribution in [0.15, 0.2) is 27.6 Å². The summed E-state index contributed by atoms with van der Waals surface area (Å²) in [4.78, 5) is 13.5. The molecule has 0 fully saturated rings. The normalized spacial score (nSPS) is 10.4. The van der Waals surface area contributed by atoms with Gasteiger partial charge in [-0.1, -0.05) is 5.16 Å². The standard InChI is InChI=1S/C10H10N2O2/c1-6-10(7(2)14-12-6)8-3-4-9(13)11-5-8/h3-5H,1-2H3,(H,11,13). The lowest BCUT2D eigenvalue weighted by Gasteiger charge is -1.97. The molecule has 4 heteroatoms. The molecule has 0 saturated carbocycles. The summed E-state index contributed by atoms with van der Waals surface area (Å²) in [5.74, 6) is 0.759. The van der Waals surface area contributed by atoms with Gasteiger partial charge in [0.2, 0.25) is 5.56 Å². The summed E-state index contributed by atoms with van der Waals surface area (Å²) in [5.41, 5.74) is 2.58. The molecule has 14 heavy (non-hydrogen) atoms. The Balaban J connectivity index is 2.60. The fraction of sp³-hybridized carbons (Fsp3) is 0.200. The summed E-state index contributed by atoms with van der Waals surface area (Å²) >= 11 is 0. The number of aromatic nitrogens is 2. The molecule has 2 aromatic rings. The molecule has 0 aromatic carbocycles. The number of nitrogens with one attached hydrogen (secondary N) is 1. The highest BCUT2D eigenvalue weighted by molar-refractivity contribution is 5.66. The van der Waals surface area contributed by atoms with E-state index in [1.165, 1.54) is 6.07 Å². The predicted octanol–water partition coefficient (Wildman–Crippen LogP) is 1.65. The molecule has 0 amide bonds. The van der Waals surface area contributed by atoms with E-state index < -0.39 is 0 Å². The van der Waals surface area contributed by atoms with Gasteiger partial charge in [-0.3, -0.25) is 4.79 Å². The van der Waals surface area contributed by atoms with Gasteiger partial charge >= 0.3 is 0 Å². The second-order valence-corrected chi connectivity index (χ2v) is 3.14.